The molecular weight excluding hydrogens is 164 g/mol. The van der Waals surface area contributed by atoms with E-state index in [1.165, 1.54) is 5.69 Å². The van der Waals surface area contributed by atoms with Gasteiger partial charge in [0.25, 0.3) is 0 Å². The van der Waals surface area contributed by atoms with Gasteiger partial charge in [0.1, 0.15) is 18.4 Å². The standard InChI is InChI=1S/C10H19N2O/c1-4-6-13-7-5-12-8-10(2)11(3)9-12/h8-9H,4-7H2,1-3H3/q+1. The van der Waals surface area contributed by atoms with Gasteiger partial charge in [-0.2, -0.15) is 0 Å². The summed E-state index contributed by atoms with van der Waals surface area (Å²) in [7, 11) is 2.05. The molecule has 0 bridgehead atoms. The van der Waals surface area contributed by atoms with Gasteiger partial charge in [-0.15, -0.1) is 0 Å². The van der Waals surface area contributed by atoms with Crippen LogP contribution in [0, 0.1) is 6.92 Å². The summed E-state index contributed by atoms with van der Waals surface area (Å²) in [6.45, 7) is 6.85. The number of nitrogens with zero attached hydrogens (tertiary/aromatic N) is 2. The van der Waals surface area contributed by atoms with E-state index >= 15 is 0 Å². The van der Waals surface area contributed by atoms with E-state index in [1.807, 2.05) is 0 Å². The molecule has 0 aliphatic rings. The Morgan fingerprint density at radius 3 is 2.77 bits per heavy atom. The van der Waals surface area contributed by atoms with E-state index in [0.29, 0.717) is 0 Å². The summed E-state index contributed by atoms with van der Waals surface area (Å²) in [5, 5.41) is 0. The molecule has 13 heavy (non-hydrogen) atoms. The number of imidazole rings is 1. The molecule has 0 saturated heterocycles. The Bertz CT molecular complexity index is 236. The van der Waals surface area contributed by atoms with Crippen LogP contribution in [0.5, 0.6) is 0 Å². The molecule has 0 spiro atoms. The second-order valence-electron chi connectivity index (χ2n) is 3.35. The molecule has 3 nitrogen and oxygen atoms in total. The van der Waals surface area contributed by atoms with Crippen molar-refractivity contribution in [3.8, 4) is 0 Å². The van der Waals surface area contributed by atoms with Crippen molar-refractivity contribution in [1.82, 2.24) is 4.57 Å². The van der Waals surface area contributed by atoms with Crippen LogP contribution in [0.4, 0.5) is 0 Å². The molecule has 74 valence electrons. The molecule has 0 fully saturated rings. The first-order valence-corrected chi connectivity index (χ1v) is 4.83. The lowest BCUT2D eigenvalue weighted by atomic mass is 10.5. The van der Waals surface area contributed by atoms with Gasteiger partial charge in [0, 0.05) is 13.5 Å². The third-order valence-electron chi connectivity index (χ3n) is 2.07. The predicted molar refractivity (Wildman–Crippen MR) is 51.5 cm³/mol. The van der Waals surface area contributed by atoms with E-state index in [9.17, 15) is 0 Å². The predicted octanol–water partition coefficient (Wildman–Crippen LogP) is 1.05. The van der Waals surface area contributed by atoms with Crippen LogP contribution >= 0.6 is 0 Å². The first kappa shape index (κ1) is 10.3. The first-order chi connectivity index (χ1) is 6.24. The molecule has 1 rings (SSSR count). The molecular formula is C10H19N2O+. The Morgan fingerprint density at radius 2 is 2.23 bits per heavy atom. The summed E-state index contributed by atoms with van der Waals surface area (Å²) in [4.78, 5) is 0. The summed E-state index contributed by atoms with van der Waals surface area (Å²) in [5.41, 5.74) is 1.27. The lowest BCUT2D eigenvalue weighted by molar-refractivity contribution is -0.698. The third kappa shape index (κ3) is 3.19. The van der Waals surface area contributed by atoms with E-state index < -0.39 is 0 Å². The fraction of sp³-hybridized carbons (Fsp3) is 0.700. The Balaban J connectivity index is 2.29. The van der Waals surface area contributed by atoms with Crippen LogP contribution in [-0.2, 0) is 18.3 Å². The average Bonchev–Trinajstić information content (AvgIpc) is 2.41. The Kier molecular flexibility index (Phi) is 3.96. The van der Waals surface area contributed by atoms with Crippen molar-refractivity contribution in [1.29, 1.82) is 0 Å². The number of rotatable bonds is 5. The highest BCUT2D eigenvalue weighted by atomic mass is 16.5. The molecule has 0 aromatic carbocycles. The maximum atomic E-state index is 5.41. The molecule has 0 amide bonds. The van der Waals surface area contributed by atoms with Crippen molar-refractivity contribution >= 4 is 0 Å². The van der Waals surface area contributed by atoms with Gasteiger partial charge in [-0.05, 0) is 6.42 Å². The lowest BCUT2D eigenvalue weighted by Crippen LogP contribution is -2.33. The molecule has 0 aliphatic carbocycles. The summed E-state index contributed by atoms with van der Waals surface area (Å²) in [6.07, 6.45) is 5.32. The van der Waals surface area contributed by atoms with Gasteiger partial charge in [0.2, 0.25) is 6.33 Å². The van der Waals surface area contributed by atoms with E-state index in [0.717, 1.165) is 26.2 Å². The molecule has 3 heteroatoms. The SMILES string of the molecule is CCCOCC[n+]1cc(C)n(C)c1. The minimum absolute atomic E-state index is 0.808. The van der Waals surface area contributed by atoms with Gasteiger partial charge in [-0.1, -0.05) is 6.92 Å². The van der Waals surface area contributed by atoms with E-state index in [1.54, 1.807) is 0 Å². The second kappa shape index (κ2) is 5.02. The van der Waals surface area contributed by atoms with Crippen molar-refractivity contribution < 1.29 is 9.30 Å². The normalized spacial score (nSPS) is 10.7. The monoisotopic (exact) mass is 183 g/mol. The van der Waals surface area contributed by atoms with Gasteiger partial charge in [0.15, 0.2) is 0 Å². The minimum atomic E-state index is 0.808. The van der Waals surface area contributed by atoms with Crippen molar-refractivity contribution in [2.24, 2.45) is 7.05 Å². The van der Waals surface area contributed by atoms with Gasteiger partial charge in [-0.3, -0.25) is 0 Å². The Labute approximate surface area is 79.9 Å². The number of hydrogen-bond acceptors (Lipinski definition) is 1. The highest BCUT2D eigenvalue weighted by Crippen LogP contribution is 1.90. The maximum Gasteiger partial charge on any atom is 0.243 e. The van der Waals surface area contributed by atoms with Gasteiger partial charge in [0.05, 0.1) is 13.7 Å². The fourth-order valence-corrected chi connectivity index (χ4v) is 1.22. The molecule has 1 heterocycles. The smallest absolute Gasteiger partial charge is 0.243 e. The van der Waals surface area contributed by atoms with Crippen LogP contribution in [0.25, 0.3) is 0 Å². The zero-order valence-corrected chi connectivity index (χ0v) is 8.79. The van der Waals surface area contributed by atoms with Crippen molar-refractivity contribution in [2.75, 3.05) is 13.2 Å². The van der Waals surface area contributed by atoms with E-state index in [2.05, 4.69) is 42.6 Å². The van der Waals surface area contributed by atoms with Crippen LogP contribution in [0.2, 0.25) is 0 Å². The van der Waals surface area contributed by atoms with Crippen LogP contribution in [0.1, 0.15) is 19.0 Å². The molecule has 0 aliphatic heterocycles. The average molecular weight is 183 g/mol. The lowest BCUT2D eigenvalue weighted by Gasteiger charge is -1.98. The fourth-order valence-electron chi connectivity index (χ4n) is 1.22. The third-order valence-corrected chi connectivity index (χ3v) is 2.07. The molecule has 0 N–H and O–H groups in total. The summed E-state index contributed by atoms with van der Waals surface area (Å²) in [6, 6.07) is 0. The van der Waals surface area contributed by atoms with Gasteiger partial charge >= 0.3 is 0 Å². The van der Waals surface area contributed by atoms with Crippen molar-refractivity contribution in [3.63, 3.8) is 0 Å². The number of aryl methyl sites for hydroxylation is 2. The zero-order chi connectivity index (χ0) is 9.68. The maximum absolute atomic E-state index is 5.41. The summed E-state index contributed by atoms with van der Waals surface area (Å²) >= 11 is 0. The van der Waals surface area contributed by atoms with Gasteiger partial charge in [-0.25, -0.2) is 9.13 Å². The van der Waals surface area contributed by atoms with Crippen LogP contribution in [0.3, 0.4) is 0 Å². The van der Waals surface area contributed by atoms with E-state index in [4.69, 9.17) is 4.74 Å². The van der Waals surface area contributed by atoms with Crippen LogP contribution in [0.15, 0.2) is 12.5 Å². The topological polar surface area (TPSA) is 18.0 Å². The molecule has 0 saturated carbocycles. The van der Waals surface area contributed by atoms with Gasteiger partial charge < -0.3 is 4.74 Å². The molecule has 1 aromatic rings. The van der Waals surface area contributed by atoms with E-state index in [-0.39, 0.29) is 0 Å². The molecule has 0 unspecified atom stereocenters. The van der Waals surface area contributed by atoms with Crippen molar-refractivity contribution in [3.05, 3.63) is 18.2 Å². The number of ether oxygens (including phenoxy) is 1. The quantitative estimate of drug-likeness (QED) is 0.493. The highest BCUT2D eigenvalue weighted by Gasteiger charge is 2.04. The first-order valence-electron chi connectivity index (χ1n) is 4.83. The molecule has 1 aromatic heterocycles. The van der Waals surface area contributed by atoms with Crippen LogP contribution < -0.4 is 4.57 Å². The highest BCUT2D eigenvalue weighted by molar-refractivity contribution is 4.86. The second-order valence-corrected chi connectivity index (χ2v) is 3.35. The Morgan fingerprint density at radius 1 is 1.46 bits per heavy atom. The number of hydrogen-bond donors (Lipinski definition) is 0. The molecule has 0 atom stereocenters. The minimum Gasteiger partial charge on any atom is -0.377 e. The largest absolute Gasteiger partial charge is 0.377 e. The van der Waals surface area contributed by atoms with Crippen LogP contribution in [-0.4, -0.2) is 17.8 Å². The summed E-state index contributed by atoms with van der Waals surface area (Å²) < 4.78 is 9.67. The Hall–Kier alpha value is -0.830. The molecule has 0 radical (unpaired) electrons. The summed E-state index contributed by atoms with van der Waals surface area (Å²) in [5.74, 6) is 0. The van der Waals surface area contributed by atoms with Crippen molar-refractivity contribution in [2.45, 2.75) is 26.8 Å². The number of aromatic nitrogens is 2. The zero-order valence-electron chi connectivity index (χ0n) is 8.79.